The second-order valence-corrected chi connectivity index (χ2v) is 7.19. The summed E-state index contributed by atoms with van der Waals surface area (Å²) >= 11 is 5.97. The highest BCUT2D eigenvalue weighted by atomic mass is 35.5. The lowest BCUT2D eigenvalue weighted by molar-refractivity contribution is -0.383. The quantitative estimate of drug-likeness (QED) is 0.306. The predicted molar refractivity (Wildman–Crippen MR) is 108 cm³/mol. The Morgan fingerprint density at radius 2 is 1.97 bits per heavy atom. The second kappa shape index (κ2) is 9.29. The molecule has 160 valence electrons. The number of halogens is 4. The van der Waals surface area contributed by atoms with Crippen LogP contribution in [0.25, 0.3) is 0 Å². The molecule has 0 saturated carbocycles. The summed E-state index contributed by atoms with van der Waals surface area (Å²) in [6.07, 6.45) is 3.76. The average Bonchev–Trinajstić information content (AvgIpc) is 2.69. The van der Waals surface area contributed by atoms with Crippen LogP contribution in [-0.4, -0.2) is 21.4 Å². The summed E-state index contributed by atoms with van der Waals surface area (Å²) in [4.78, 5) is 18.7. The molecule has 0 aliphatic heterocycles. The minimum absolute atomic E-state index is 0.0167. The molecular weight excluding hydrogens is 423 g/mol. The van der Waals surface area contributed by atoms with E-state index >= 15 is 0 Å². The summed E-state index contributed by atoms with van der Waals surface area (Å²) in [5, 5.41) is 17.1. The van der Waals surface area contributed by atoms with Crippen LogP contribution in [0.5, 0.6) is 0 Å². The lowest BCUT2D eigenvalue weighted by Crippen LogP contribution is -2.11. The monoisotopic (exact) mass is 441 g/mol. The van der Waals surface area contributed by atoms with Crippen LogP contribution >= 0.6 is 11.6 Å². The summed E-state index contributed by atoms with van der Waals surface area (Å²) in [7, 11) is 0. The van der Waals surface area contributed by atoms with Crippen molar-refractivity contribution in [2.75, 3.05) is 17.2 Å². The lowest BCUT2D eigenvalue weighted by Gasteiger charge is -2.14. The Labute approximate surface area is 175 Å². The zero-order chi connectivity index (χ0) is 21.7. The third-order valence-electron chi connectivity index (χ3n) is 4.68. The molecule has 0 bridgehead atoms. The molecule has 1 aromatic heterocycles. The molecule has 1 heterocycles. The Kier molecular flexibility index (Phi) is 6.76. The molecule has 0 saturated heterocycles. The van der Waals surface area contributed by atoms with Crippen LogP contribution in [0.15, 0.2) is 36.2 Å². The van der Waals surface area contributed by atoms with Crippen molar-refractivity contribution >= 4 is 34.6 Å². The largest absolute Gasteiger partial charge is 0.416 e. The first-order valence-electron chi connectivity index (χ1n) is 9.30. The number of anilines is 3. The Morgan fingerprint density at radius 1 is 1.20 bits per heavy atom. The average molecular weight is 442 g/mol. The van der Waals surface area contributed by atoms with E-state index in [-0.39, 0.29) is 22.3 Å². The molecule has 1 aliphatic rings. The number of nitrogens with zero attached hydrogens (tertiary/aromatic N) is 3. The maximum absolute atomic E-state index is 13.0. The molecule has 1 aromatic carbocycles. The zero-order valence-electron chi connectivity index (χ0n) is 15.8. The molecule has 2 N–H and O–H groups in total. The number of nitro groups is 1. The van der Waals surface area contributed by atoms with Crippen LogP contribution in [0.1, 0.15) is 37.7 Å². The molecule has 0 fully saturated rings. The van der Waals surface area contributed by atoms with E-state index in [2.05, 4.69) is 26.7 Å². The molecule has 0 unspecified atom stereocenters. The first-order valence-corrected chi connectivity index (χ1v) is 9.68. The maximum Gasteiger partial charge on any atom is 0.416 e. The van der Waals surface area contributed by atoms with Gasteiger partial charge in [-0.15, -0.1) is 0 Å². The number of nitrogens with one attached hydrogen (secondary N) is 2. The van der Waals surface area contributed by atoms with Crippen molar-refractivity contribution in [1.29, 1.82) is 0 Å². The highest BCUT2D eigenvalue weighted by molar-refractivity contribution is 6.33. The van der Waals surface area contributed by atoms with Crippen molar-refractivity contribution in [3.8, 4) is 0 Å². The summed E-state index contributed by atoms with van der Waals surface area (Å²) in [6, 6.07) is 2.67. The SMILES string of the molecule is O=[N+]([O-])c1c(NCCC2=CCCCC2)ncnc1Nc1cc(C(F)(F)F)ccc1Cl. The van der Waals surface area contributed by atoms with Gasteiger partial charge in [0.1, 0.15) is 6.33 Å². The molecule has 0 atom stereocenters. The Bertz CT molecular complexity index is 966. The van der Waals surface area contributed by atoms with Crippen LogP contribution in [0.4, 0.5) is 36.2 Å². The third-order valence-corrected chi connectivity index (χ3v) is 5.00. The van der Waals surface area contributed by atoms with Gasteiger partial charge in [-0.3, -0.25) is 10.1 Å². The van der Waals surface area contributed by atoms with Gasteiger partial charge in [0.05, 0.1) is 21.2 Å². The van der Waals surface area contributed by atoms with Crippen LogP contribution in [0.2, 0.25) is 5.02 Å². The summed E-state index contributed by atoms with van der Waals surface area (Å²) < 4.78 is 39.0. The predicted octanol–water partition coefficient (Wildman–Crippen LogP) is 6.10. The number of hydrogen-bond donors (Lipinski definition) is 2. The zero-order valence-corrected chi connectivity index (χ0v) is 16.6. The minimum atomic E-state index is -4.58. The highest BCUT2D eigenvalue weighted by Crippen LogP contribution is 2.37. The fourth-order valence-corrected chi connectivity index (χ4v) is 3.34. The number of aromatic nitrogens is 2. The highest BCUT2D eigenvalue weighted by Gasteiger charge is 2.31. The molecule has 11 heteroatoms. The number of hydrogen-bond acceptors (Lipinski definition) is 6. The van der Waals surface area contributed by atoms with E-state index in [4.69, 9.17) is 11.6 Å². The van der Waals surface area contributed by atoms with E-state index in [1.54, 1.807) is 0 Å². The Balaban J connectivity index is 1.82. The van der Waals surface area contributed by atoms with Gasteiger partial charge in [0.25, 0.3) is 0 Å². The van der Waals surface area contributed by atoms with E-state index in [1.807, 2.05) is 0 Å². The Morgan fingerprint density at radius 3 is 2.63 bits per heavy atom. The van der Waals surface area contributed by atoms with Gasteiger partial charge < -0.3 is 10.6 Å². The fourth-order valence-electron chi connectivity index (χ4n) is 3.17. The van der Waals surface area contributed by atoms with Crippen molar-refractivity contribution in [2.45, 2.75) is 38.3 Å². The fraction of sp³-hybridized carbons (Fsp3) is 0.368. The van der Waals surface area contributed by atoms with Crippen LogP contribution in [0, 0.1) is 10.1 Å². The number of alkyl halides is 3. The topological polar surface area (TPSA) is 93.0 Å². The number of benzene rings is 1. The van der Waals surface area contributed by atoms with Crippen LogP contribution < -0.4 is 10.6 Å². The number of rotatable bonds is 7. The van der Waals surface area contributed by atoms with Gasteiger partial charge >= 0.3 is 11.9 Å². The second-order valence-electron chi connectivity index (χ2n) is 6.78. The summed E-state index contributed by atoms with van der Waals surface area (Å²) in [5.41, 5.74) is -0.264. The first-order chi connectivity index (χ1) is 14.3. The third kappa shape index (κ3) is 5.38. The van der Waals surface area contributed by atoms with Crippen molar-refractivity contribution in [3.05, 3.63) is 56.9 Å². The first kappa shape index (κ1) is 21.8. The van der Waals surface area contributed by atoms with Crippen molar-refractivity contribution in [3.63, 3.8) is 0 Å². The van der Waals surface area contributed by atoms with Crippen molar-refractivity contribution < 1.29 is 18.1 Å². The normalized spacial score (nSPS) is 14.2. The van der Waals surface area contributed by atoms with Crippen molar-refractivity contribution in [2.24, 2.45) is 0 Å². The molecular formula is C19H19ClF3N5O2. The van der Waals surface area contributed by atoms with Gasteiger partial charge in [-0.1, -0.05) is 23.3 Å². The molecule has 1 aliphatic carbocycles. The Hall–Kier alpha value is -2.88. The van der Waals surface area contributed by atoms with E-state index in [0.717, 1.165) is 50.2 Å². The van der Waals surface area contributed by atoms with E-state index in [0.29, 0.717) is 6.54 Å². The van der Waals surface area contributed by atoms with Crippen molar-refractivity contribution in [1.82, 2.24) is 9.97 Å². The molecule has 2 aromatic rings. The molecule has 0 spiro atoms. The van der Waals surface area contributed by atoms with Gasteiger partial charge in [-0.2, -0.15) is 13.2 Å². The number of allylic oxidation sites excluding steroid dienone is 1. The molecule has 3 rings (SSSR count). The van der Waals surface area contributed by atoms with Gasteiger partial charge in [0.15, 0.2) is 0 Å². The van der Waals surface area contributed by atoms with Crippen LogP contribution in [0.3, 0.4) is 0 Å². The molecule has 30 heavy (non-hydrogen) atoms. The lowest BCUT2D eigenvalue weighted by atomic mass is 9.97. The van der Waals surface area contributed by atoms with Crippen LogP contribution in [-0.2, 0) is 6.18 Å². The van der Waals surface area contributed by atoms with Gasteiger partial charge in [-0.05, 0) is 50.3 Å². The smallest absolute Gasteiger partial charge is 0.364 e. The summed E-state index contributed by atoms with van der Waals surface area (Å²) in [6.45, 7) is 0.438. The van der Waals surface area contributed by atoms with Gasteiger partial charge in [-0.25, -0.2) is 9.97 Å². The van der Waals surface area contributed by atoms with E-state index in [1.165, 1.54) is 12.0 Å². The minimum Gasteiger partial charge on any atom is -0.364 e. The van der Waals surface area contributed by atoms with E-state index < -0.39 is 22.4 Å². The standard InChI is InChI=1S/C19H19ClF3N5O2/c20-14-7-6-13(19(21,22)23)10-15(14)27-18-16(28(29)30)17(25-11-26-18)24-9-8-12-4-2-1-3-5-12/h4,6-7,10-11H,1-3,5,8-9H2,(H2,24,25,26,27). The molecule has 7 nitrogen and oxygen atoms in total. The van der Waals surface area contributed by atoms with E-state index in [9.17, 15) is 23.3 Å². The molecule has 0 radical (unpaired) electrons. The van der Waals surface area contributed by atoms with Gasteiger partial charge in [0.2, 0.25) is 11.6 Å². The molecule has 0 amide bonds. The summed E-state index contributed by atoms with van der Waals surface area (Å²) in [5.74, 6) is -0.271. The van der Waals surface area contributed by atoms with Gasteiger partial charge in [0, 0.05) is 6.54 Å². The maximum atomic E-state index is 13.0.